The highest BCUT2D eigenvalue weighted by Gasteiger charge is 2.18. The van der Waals surface area contributed by atoms with Gasteiger partial charge in [0, 0.05) is 30.4 Å². The number of nitrogens with one attached hydrogen (secondary N) is 2. The number of amides is 1. The Bertz CT molecular complexity index is 1150. The van der Waals surface area contributed by atoms with Crippen LogP contribution in [-0.4, -0.2) is 24.1 Å². The van der Waals surface area contributed by atoms with Crippen molar-refractivity contribution in [2.24, 2.45) is 5.92 Å². The second-order valence-electron chi connectivity index (χ2n) is 8.18. The number of benzene rings is 2. The number of hydrogen-bond acceptors (Lipinski definition) is 4. The minimum atomic E-state index is -0.352. The summed E-state index contributed by atoms with van der Waals surface area (Å²) in [6, 6.07) is 19.2. The van der Waals surface area contributed by atoms with Gasteiger partial charge in [0.05, 0.1) is 10.7 Å². The molecule has 1 aliphatic heterocycles. The van der Waals surface area contributed by atoms with Crippen LogP contribution in [0, 0.1) is 5.92 Å². The van der Waals surface area contributed by atoms with Crippen molar-refractivity contribution in [3.63, 3.8) is 0 Å². The van der Waals surface area contributed by atoms with Crippen LogP contribution in [0.3, 0.4) is 0 Å². The van der Waals surface area contributed by atoms with Gasteiger partial charge in [0.2, 0.25) is 5.91 Å². The molecule has 2 heterocycles. The summed E-state index contributed by atoms with van der Waals surface area (Å²) in [5, 5.41) is 6.51. The number of carbonyl (C=O) groups is 1. The van der Waals surface area contributed by atoms with E-state index in [1.54, 1.807) is 6.08 Å². The monoisotopic (exact) mass is 479 g/mol. The minimum absolute atomic E-state index is 0.199. The average molecular weight is 480 g/mol. The molecule has 3 aromatic rings. The third-order valence-corrected chi connectivity index (χ3v) is 6.16. The Morgan fingerprint density at radius 3 is 2.61 bits per heavy atom. The van der Waals surface area contributed by atoms with Gasteiger partial charge in [-0.25, -0.2) is 0 Å². The first-order valence-electron chi connectivity index (χ1n) is 11.0. The number of nitrogens with zero attached hydrogens (tertiary/aromatic N) is 1. The number of furan rings is 1. The van der Waals surface area contributed by atoms with Crippen LogP contribution in [0.5, 0.6) is 0 Å². The van der Waals surface area contributed by atoms with Gasteiger partial charge in [-0.1, -0.05) is 48.9 Å². The number of piperidine rings is 1. The lowest BCUT2D eigenvalue weighted by molar-refractivity contribution is -0.115. The van der Waals surface area contributed by atoms with Crippen molar-refractivity contribution in [3.8, 4) is 11.3 Å². The van der Waals surface area contributed by atoms with Gasteiger partial charge in [-0.15, -0.1) is 0 Å². The highest BCUT2D eigenvalue weighted by atomic mass is 35.5. The lowest BCUT2D eigenvalue weighted by atomic mass is 9.99. The van der Waals surface area contributed by atoms with Crippen molar-refractivity contribution in [1.82, 2.24) is 5.32 Å². The second kappa shape index (κ2) is 10.7. The van der Waals surface area contributed by atoms with Crippen molar-refractivity contribution in [2.75, 3.05) is 23.3 Å². The minimum Gasteiger partial charge on any atom is -0.457 e. The standard InChI is InChI=1S/C26H26ClN3O2S/c1-18-13-15-30(16-14-18)23-10-7-20(17-22(23)27)28-26(33)29-25(31)12-9-21-8-11-24(32-21)19-5-3-2-4-6-19/h2-12,17-18H,13-16H2,1H3,(H2,28,29,31,33)/b12-9+. The zero-order valence-electron chi connectivity index (χ0n) is 18.4. The summed E-state index contributed by atoms with van der Waals surface area (Å²) in [5.74, 6) is 1.73. The van der Waals surface area contributed by atoms with Crippen LogP contribution >= 0.6 is 23.8 Å². The second-order valence-corrected chi connectivity index (χ2v) is 9.00. The fourth-order valence-corrected chi connectivity index (χ4v) is 4.28. The zero-order chi connectivity index (χ0) is 23.2. The smallest absolute Gasteiger partial charge is 0.250 e. The normalized spacial score (nSPS) is 14.4. The molecule has 170 valence electrons. The molecule has 0 spiro atoms. The molecular formula is C26H26ClN3O2S. The summed E-state index contributed by atoms with van der Waals surface area (Å²) in [6.45, 7) is 4.31. The molecule has 0 unspecified atom stereocenters. The first kappa shape index (κ1) is 23.1. The summed E-state index contributed by atoms with van der Waals surface area (Å²) in [6.07, 6.45) is 5.33. The summed E-state index contributed by atoms with van der Waals surface area (Å²) in [7, 11) is 0. The van der Waals surface area contributed by atoms with Crippen LogP contribution in [0.2, 0.25) is 5.02 Å². The molecule has 0 saturated carbocycles. The molecule has 0 aliphatic carbocycles. The van der Waals surface area contributed by atoms with E-state index in [4.69, 9.17) is 28.2 Å². The number of hydrogen-bond donors (Lipinski definition) is 2. The predicted molar refractivity (Wildman–Crippen MR) is 140 cm³/mol. The van der Waals surface area contributed by atoms with Gasteiger partial charge in [-0.3, -0.25) is 10.1 Å². The lowest BCUT2D eigenvalue weighted by Gasteiger charge is -2.32. The largest absolute Gasteiger partial charge is 0.457 e. The van der Waals surface area contributed by atoms with E-state index < -0.39 is 0 Å². The van der Waals surface area contributed by atoms with Crippen LogP contribution in [0.15, 0.2) is 71.2 Å². The lowest BCUT2D eigenvalue weighted by Crippen LogP contribution is -2.33. The molecule has 2 N–H and O–H groups in total. The van der Waals surface area contributed by atoms with Gasteiger partial charge in [0.1, 0.15) is 11.5 Å². The molecule has 5 nitrogen and oxygen atoms in total. The number of rotatable bonds is 5. The first-order chi connectivity index (χ1) is 16.0. The maximum atomic E-state index is 12.2. The predicted octanol–water partition coefficient (Wildman–Crippen LogP) is 6.36. The van der Waals surface area contributed by atoms with Crippen molar-refractivity contribution in [1.29, 1.82) is 0 Å². The van der Waals surface area contributed by atoms with Crippen LogP contribution in [0.4, 0.5) is 11.4 Å². The Morgan fingerprint density at radius 2 is 1.88 bits per heavy atom. The van der Waals surface area contributed by atoms with Gasteiger partial charge < -0.3 is 14.6 Å². The van der Waals surface area contributed by atoms with Gasteiger partial charge in [0.25, 0.3) is 0 Å². The fourth-order valence-electron chi connectivity index (χ4n) is 3.76. The zero-order valence-corrected chi connectivity index (χ0v) is 20.0. The molecule has 1 aliphatic rings. The Labute approximate surface area is 204 Å². The molecule has 1 fully saturated rings. The highest BCUT2D eigenvalue weighted by Crippen LogP contribution is 2.31. The van der Waals surface area contributed by atoms with E-state index in [1.807, 2.05) is 60.7 Å². The molecule has 1 saturated heterocycles. The van der Waals surface area contributed by atoms with Gasteiger partial charge in [-0.05, 0) is 67.4 Å². The SMILES string of the molecule is CC1CCN(c2ccc(NC(=S)NC(=O)/C=C/c3ccc(-c4ccccc4)o3)cc2Cl)CC1. The van der Waals surface area contributed by atoms with E-state index in [9.17, 15) is 4.79 Å². The number of halogens is 1. The van der Waals surface area contributed by atoms with E-state index in [-0.39, 0.29) is 11.0 Å². The van der Waals surface area contributed by atoms with E-state index in [2.05, 4.69) is 22.5 Å². The maximum absolute atomic E-state index is 12.2. The molecular weight excluding hydrogens is 454 g/mol. The Kier molecular flexibility index (Phi) is 7.47. The summed E-state index contributed by atoms with van der Waals surface area (Å²) in [5.41, 5.74) is 2.73. The molecule has 33 heavy (non-hydrogen) atoms. The molecule has 7 heteroatoms. The van der Waals surface area contributed by atoms with Gasteiger partial charge in [0.15, 0.2) is 5.11 Å². The molecule has 0 atom stereocenters. The number of thiocarbonyl (C=S) groups is 1. The van der Waals surface area contributed by atoms with Crippen LogP contribution in [0.25, 0.3) is 17.4 Å². The van der Waals surface area contributed by atoms with Crippen molar-refractivity contribution < 1.29 is 9.21 Å². The summed E-state index contributed by atoms with van der Waals surface area (Å²) >= 11 is 11.8. The van der Waals surface area contributed by atoms with Crippen LogP contribution in [0.1, 0.15) is 25.5 Å². The Morgan fingerprint density at radius 1 is 1.12 bits per heavy atom. The number of anilines is 2. The summed E-state index contributed by atoms with van der Waals surface area (Å²) < 4.78 is 5.77. The van der Waals surface area contributed by atoms with Crippen molar-refractivity contribution in [2.45, 2.75) is 19.8 Å². The van der Waals surface area contributed by atoms with E-state index >= 15 is 0 Å². The van der Waals surface area contributed by atoms with Crippen molar-refractivity contribution in [3.05, 3.63) is 77.5 Å². The fraction of sp³-hybridized carbons (Fsp3) is 0.231. The maximum Gasteiger partial charge on any atom is 0.250 e. The molecule has 1 aromatic heterocycles. The quantitative estimate of drug-likeness (QED) is 0.329. The van der Waals surface area contributed by atoms with E-state index in [0.29, 0.717) is 10.8 Å². The molecule has 0 bridgehead atoms. The third-order valence-electron chi connectivity index (χ3n) is 5.65. The van der Waals surface area contributed by atoms with E-state index in [0.717, 1.165) is 41.7 Å². The Hall–Kier alpha value is -3.09. The number of carbonyl (C=O) groups excluding carboxylic acids is 1. The average Bonchev–Trinajstić information content (AvgIpc) is 3.28. The van der Waals surface area contributed by atoms with Crippen LogP contribution in [-0.2, 0) is 4.79 Å². The van der Waals surface area contributed by atoms with Gasteiger partial charge >= 0.3 is 0 Å². The van der Waals surface area contributed by atoms with Crippen LogP contribution < -0.4 is 15.5 Å². The molecule has 4 rings (SSSR count). The first-order valence-corrected chi connectivity index (χ1v) is 11.8. The highest BCUT2D eigenvalue weighted by molar-refractivity contribution is 7.80. The van der Waals surface area contributed by atoms with Crippen molar-refractivity contribution >= 4 is 52.3 Å². The Balaban J connectivity index is 1.30. The molecule has 2 aromatic carbocycles. The summed E-state index contributed by atoms with van der Waals surface area (Å²) in [4.78, 5) is 14.6. The topological polar surface area (TPSA) is 57.5 Å². The molecule has 0 radical (unpaired) electrons. The third kappa shape index (κ3) is 6.24. The van der Waals surface area contributed by atoms with E-state index in [1.165, 1.54) is 18.9 Å². The molecule has 1 amide bonds. The van der Waals surface area contributed by atoms with Gasteiger partial charge in [-0.2, -0.15) is 0 Å².